The van der Waals surface area contributed by atoms with E-state index in [4.69, 9.17) is 4.74 Å². The number of ether oxygens (including phenoxy) is 1. The molecule has 202 valence electrons. The van der Waals surface area contributed by atoms with Crippen LogP contribution < -0.4 is 15.0 Å². The van der Waals surface area contributed by atoms with Crippen LogP contribution in [0.25, 0.3) is 11.1 Å². The lowest BCUT2D eigenvalue weighted by Gasteiger charge is -2.27. The fraction of sp³-hybridized carbons (Fsp3) is 0.269. The largest absolute Gasteiger partial charge is 0.494 e. The molecule has 6 rings (SSSR count). The summed E-state index contributed by atoms with van der Waals surface area (Å²) in [6.07, 6.45) is 4.77. The average Bonchev–Trinajstić information content (AvgIpc) is 3.47. The van der Waals surface area contributed by atoms with Crippen LogP contribution in [0.15, 0.2) is 37.1 Å². The monoisotopic (exact) mass is 562 g/mol. The molecule has 2 aliphatic rings. The molecule has 1 N–H and O–H groups in total. The summed E-state index contributed by atoms with van der Waals surface area (Å²) in [4.78, 5) is 40.2. The SMILES string of the molecule is COc1cnc(C(F)F)cc1-c1cc(N2CCn3cncc3C2=O)ncc1C(=O)Nc1nnc(C#CC2CC2)s1. The van der Waals surface area contributed by atoms with Crippen LogP contribution in [-0.4, -0.2) is 55.2 Å². The standard InChI is InChI=1S/C26H20F2N8O3S/c1-39-20-12-30-18(23(27)28)8-16(20)15-9-21(36-7-6-35-13-29-11-19(35)25(36)38)31-10-17(15)24(37)32-26-34-33-22(40-26)5-4-14-2-3-14/h8-14,23H,2-3,6-7H2,1H3,(H,32,34,37). The van der Waals surface area contributed by atoms with Crippen LogP contribution in [0.1, 0.15) is 50.8 Å². The van der Waals surface area contributed by atoms with Crippen molar-refractivity contribution in [1.82, 2.24) is 29.7 Å². The molecule has 11 nitrogen and oxygen atoms in total. The first-order chi connectivity index (χ1) is 19.4. The van der Waals surface area contributed by atoms with Crippen molar-refractivity contribution in [3.63, 3.8) is 0 Å². The third-order valence-corrected chi connectivity index (χ3v) is 7.13. The number of anilines is 2. The first kappa shape index (κ1) is 25.5. The van der Waals surface area contributed by atoms with Crippen molar-refractivity contribution in [2.45, 2.75) is 25.8 Å². The number of nitrogens with zero attached hydrogens (tertiary/aromatic N) is 7. The molecule has 0 atom stereocenters. The summed E-state index contributed by atoms with van der Waals surface area (Å²) in [7, 11) is 1.37. The van der Waals surface area contributed by atoms with E-state index in [2.05, 4.69) is 42.3 Å². The second-order valence-electron chi connectivity index (χ2n) is 9.04. The molecular weight excluding hydrogens is 542 g/mol. The van der Waals surface area contributed by atoms with Gasteiger partial charge in [0, 0.05) is 36.3 Å². The van der Waals surface area contributed by atoms with Crippen molar-refractivity contribution in [2.75, 3.05) is 23.9 Å². The van der Waals surface area contributed by atoms with E-state index in [0.717, 1.165) is 30.2 Å². The highest BCUT2D eigenvalue weighted by Crippen LogP contribution is 2.37. The van der Waals surface area contributed by atoms with Gasteiger partial charge >= 0.3 is 0 Å². The van der Waals surface area contributed by atoms with E-state index < -0.39 is 18.0 Å². The number of imidazole rings is 1. The maximum atomic E-state index is 13.6. The van der Waals surface area contributed by atoms with E-state index in [1.807, 2.05) is 0 Å². The van der Waals surface area contributed by atoms with Gasteiger partial charge in [-0.3, -0.25) is 24.8 Å². The van der Waals surface area contributed by atoms with Crippen molar-refractivity contribution in [2.24, 2.45) is 5.92 Å². The van der Waals surface area contributed by atoms with Crippen LogP contribution in [0.3, 0.4) is 0 Å². The van der Waals surface area contributed by atoms with E-state index in [-0.39, 0.29) is 39.3 Å². The van der Waals surface area contributed by atoms with Gasteiger partial charge in [0.1, 0.15) is 23.0 Å². The zero-order chi connectivity index (χ0) is 27.8. The van der Waals surface area contributed by atoms with Crippen LogP contribution in [-0.2, 0) is 6.54 Å². The highest BCUT2D eigenvalue weighted by molar-refractivity contribution is 7.15. The minimum absolute atomic E-state index is 0.0452. The molecule has 0 unspecified atom stereocenters. The van der Waals surface area contributed by atoms with E-state index in [1.165, 1.54) is 36.7 Å². The van der Waals surface area contributed by atoms with Gasteiger partial charge in [-0.2, -0.15) is 0 Å². The minimum Gasteiger partial charge on any atom is -0.494 e. The Kier molecular flexibility index (Phi) is 6.64. The van der Waals surface area contributed by atoms with Crippen molar-refractivity contribution < 1.29 is 23.1 Å². The molecule has 0 bridgehead atoms. The normalized spacial score (nSPS) is 14.5. The summed E-state index contributed by atoms with van der Waals surface area (Å²) in [5.41, 5.74) is 0.332. The van der Waals surface area contributed by atoms with Gasteiger partial charge in [0.15, 0.2) is 5.01 Å². The van der Waals surface area contributed by atoms with Crippen LogP contribution in [0.5, 0.6) is 5.75 Å². The van der Waals surface area contributed by atoms with Crippen LogP contribution in [0, 0.1) is 17.8 Å². The lowest BCUT2D eigenvalue weighted by molar-refractivity contribution is 0.0964. The molecule has 0 aromatic carbocycles. The Morgan fingerprint density at radius 2 is 2.00 bits per heavy atom. The number of hydrogen-bond donors (Lipinski definition) is 1. The van der Waals surface area contributed by atoms with Gasteiger partial charge in [0.05, 0.1) is 31.4 Å². The van der Waals surface area contributed by atoms with Crippen LogP contribution in [0.2, 0.25) is 0 Å². The highest BCUT2D eigenvalue weighted by Gasteiger charge is 2.29. The zero-order valence-electron chi connectivity index (χ0n) is 21.0. The molecule has 0 saturated heterocycles. The number of halogens is 2. The molecular formula is C26H20F2N8O3S. The van der Waals surface area contributed by atoms with Gasteiger partial charge in [-0.05, 0) is 30.9 Å². The summed E-state index contributed by atoms with van der Waals surface area (Å²) in [6, 6.07) is 2.65. The first-order valence-corrected chi connectivity index (χ1v) is 13.0. The third-order valence-electron chi connectivity index (χ3n) is 6.38. The zero-order valence-corrected chi connectivity index (χ0v) is 21.8. The lowest BCUT2D eigenvalue weighted by atomic mass is 9.99. The topological polar surface area (TPSA) is 128 Å². The summed E-state index contributed by atoms with van der Waals surface area (Å²) in [5.74, 6) is 5.89. The molecule has 14 heteroatoms. The number of carbonyl (C=O) groups excluding carboxylic acids is 2. The summed E-state index contributed by atoms with van der Waals surface area (Å²) in [5, 5.41) is 11.4. The number of carbonyl (C=O) groups is 2. The number of amides is 2. The lowest BCUT2D eigenvalue weighted by Crippen LogP contribution is -2.40. The van der Waals surface area contributed by atoms with Crippen molar-refractivity contribution in [3.05, 3.63) is 59.0 Å². The van der Waals surface area contributed by atoms with E-state index in [0.29, 0.717) is 29.7 Å². The quantitative estimate of drug-likeness (QED) is 0.352. The fourth-order valence-corrected chi connectivity index (χ4v) is 4.77. The molecule has 1 fully saturated rings. The van der Waals surface area contributed by atoms with E-state index in [9.17, 15) is 18.4 Å². The Hall–Kier alpha value is -4.77. The number of hydrogen-bond acceptors (Lipinski definition) is 9. The number of pyridine rings is 2. The number of rotatable bonds is 6. The highest BCUT2D eigenvalue weighted by atomic mass is 32.1. The molecule has 5 heterocycles. The predicted octanol–water partition coefficient (Wildman–Crippen LogP) is 3.81. The Morgan fingerprint density at radius 3 is 2.77 bits per heavy atom. The van der Waals surface area contributed by atoms with Gasteiger partial charge in [-0.1, -0.05) is 17.3 Å². The van der Waals surface area contributed by atoms with Gasteiger partial charge in [-0.25, -0.2) is 18.7 Å². The molecule has 2 amide bonds. The molecule has 1 aliphatic heterocycles. The number of alkyl halides is 2. The number of aromatic nitrogens is 6. The van der Waals surface area contributed by atoms with Gasteiger partial charge in [0.25, 0.3) is 18.2 Å². The van der Waals surface area contributed by atoms with E-state index >= 15 is 0 Å². The summed E-state index contributed by atoms with van der Waals surface area (Å²) >= 11 is 1.12. The van der Waals surface area contributed by atoms with Crippen molar-refractivity contribution >= 4 is 34.1 Å². The number of methoxy groups -OCH3 is 1. The average molecular weight is 563 g/mol. The van der Waals surface area contributed by atoms with Crippen LogP contribution >= 0.6 is 11.3 Å². The first-order valence-electron chi connectivity index (χ1n) is 12.2. The van der Waals surface area contributed by atoms with Crippen molar-refractivity contribution in [1.29, 1.82) is 0 Å². The molecule has 4 aromatic heterocycles. The molecule has 1 aliphatic carbocycles. The summed E-state index contributed by atoms with van der Waals surface area (Å²) < 4.78 is 34.4. The maximum Gasteiger partial charge on any atom is 0.280 e. The molecule has 0 spiro atoms. The smallest absolute Gasteiger partial charge is 0.280 e. The number of nitrogens with one attached hydrogen (secondary N) is 1. The maximum absolute atomic E-state index is 13.6. The van der Waals surface area contributed by atoms with E-state index in [1.54, 1.807) is 10.9 Å². The Morgan fingerprint density at radius 1 is 1.15 bits per heavy atom. The van der Waals surface area contributed by atoms with Crippen molar-refractivity contribution in [3.8, 4) is 28.7 Å². The molecule has 4 aromatic rings. The molecule has 0 radical (unpaired) electrons. The van der Waals surface area contributed by atoms with Gasteiger partial charge < -0.3 is 9.30 Å². The second kappa shape index (κ2) is 10.4. The fourth-order valence-electron chi connectivity index (χ4n) is 4.17. The number of fused-ring (bicyclic) bond motifs is 1. The van der Waals surface area contributed by atoms with Crippen LogP contribution in [0.4, 0.5) is 19.7 Å². The Labute approximate surface area is 230 Å². The Balaban J connectivity index is 1.39. The van der Waals surface area contributed by atoms with Gasteiger partial charge in [-0.15, -0.1) is 10.2 Å². The third kappa shape index (κ3) is 4.98. The molecule has 1 saturated carbocycles. The molecule has 40 heavy (non-hydrogen) atoms. The second-order valence-corrected chi connectivity index (χ2v) is 10.0. The Bertz CT molecular complexity index is 1690. The summed E-state index contributed by atoms with van der Waals surface area (Å²) in [6.45, 7) is 0.781. The minimum atomic E-state index is -2.86. The van der Waals surface area contributed by atoms with Gasteiger partial charge in [0.2, 0.25) is 5.13 Å². The predicted molar refractivity (Wildman–Crippen MR) is 140 cm³/mol.